The molecular formula is C13H18N4O4. The number of rotatable bonds is 5. The van der Waals surface area contributed by atoms with Gasteiger partial charge in [0, 0.05) is 19.7 Å². The normalized spacial score (nSPS) is 10.8. The third-order valence-electron chi connectivity index (χ3n) is 3.06. The lowest BCUT2D eigenvalue weighted by molar-refractivity contribution is -0.383. The standard InChI is InChI=1S/C13H18N4O4/c1-13(2,12(19)15-3)7-16-11(18)8-5-4-6-9(10(8)14)17(20)21/h4-6H,7,14H2,1-3H3,(H,15,19)(H,16,18). The molecule has 2 amide bonds. The first-order chi connectivity index (χ1) is 9.70. The molecule has 0 radical (unpaired) electrons. The molecule has 0 aliphatic carbocycles. The van der Waals surface area contributed by atoms with E-state index in [9.17, 15) is 19.7 Å². The van der Waals surface area contributed by atoms with Crippen molar-refractivity contribution in [2.45, 2.75) is 13.8 Å². The van der Waals surface area contributed by atoms with Gasteiger partial charge in [-0.3, -0.25) is 19.7 Å². The van der Waals surface area contributed by atoms with Gasteiger partial charge in [-0.05, 0) is 19.9 Å². The van der Waals surface area contributed by atoms with Gasteiger partial charge in [0.15, 0.2) is 0 Å². The summed E-state index contributed by atoms with van der Waals surface area (Å²) in [5.41, 5.74) is 4.31. The first-order valence-corrected chi connectivity index (χ1v) is 6.24. The van der Waals surface area contributed by atoms with E-state index >= 15 is 0 Å². The Labute approximate surface area is 121 Å². The lowest BCUT2D eigenvalue weighted by Gasteiger charge is -2.22. The van der Waals surface area contributed by atoms with Gasteiger partial charge in [-0.25, -0.2) is 0 Å². The first-order valence-electron chi connectivity index (χ1n) is 6.24. The number of hydrogen-bond acceptors (Lipinski definition) is 5. The van der Waals surface area contributed by atoms with Crippen LogP contribution in [0.3, 0.4) is 0 Å². The number of para-hydroxylation sites is 1. The van der Waals surface area contributed by atoms with Crippen LogP contribution in [0.2, 0.25) is 0 Å². The fourth-order valence-electron chi connectivity index (χ4n) is 1.73. The maximum absolute atomic E-state index is 12.1. The van der Waals surface area contributed by atoms with Crippen LogP contribution in [0, 0.1) is 15.5 Å². The van der Waals surface area contributed by atoms with Crippen molar-refractivity contribution in [2.24, 2.45) is 5.41 Å². The smallest absolute Gasteiger partial charge is 0.292 e. The van der Waals surface area contributed by atoms with E-state index in [-0.39, 0.29) is 29.4 Å². The molecule has 1 aromatic carbocycles. The second-order valence-corrected chi connectivity index (χ2v) is 5.14. The number of nitrogens with zero attached hydrogens (tertiary/aromatic N) is 1. The number of nitrogens with two attached hydrogens (primary N) is 1. The highest BCUT2D eigenvalue weighted by atomic mass is 16.6. The molecule has 0 spiro atoms. The van der Waals surface area contributed by atoms with Crippen LogP contribution in [0.25, 0.3) is 0 Å². The molecule has 21 heavy (non-hydrogen) atoms. The second kappa shape index (κ2) is 6.21. The highest BCUT2D eigenvalue weighted by Gasteiger charge is 2.28. The van der Waals surface area contributed by atoms with Crippen LogP contribution in [0.15, 0.2) is 18.2 Å². The topological polar surface area (TPSA) is 127 Å². The highest BCUT2D eigenvalue weighted by Crippen LogP contribution is 2.24. The minimum Gasteiger partial charge on any atom is -0.393 e. The molecule has 1 rings (SSSR count). The number of carbonyl (C=O) groups is 2. The summed E-state index contributed by atoms with van der Waals surface area (Å²) in [7, 11) is 1.50. The van der Waals surface area contributed by atoms with Crippen molar-refractivity contribution in [1.82, 2.24) is 10.6 Å². The summed E-state index contributed by atoms with van der Waals surface area (Å²) in [4.78, 5) is 33.8. The monoisotopic (exact) mass is 294 g/mol. The molecule has 0 aliphatic rings. The van der Waals surface area contributed by atoms with Gasteiger partial charge in [0.25, 0.3) is 11.6 Å². The lowest BCUT2D eigenvalue weighted by Crippen LogP contribution is -2.43. The first kappa shape index (κ1) is 16.4. The quantitative estimate of drug-likeness (QED) is 0.418. The number of nitrogens with one attached hydrogen (secondary N) is 2. The fourth-order valence-corrected chi connectivity index (χ4v) is 1.73. The summed E-state index contributed by atoms with van der Waals surface area (Å²) in [6.45, 7) is 3.42. The number of hydrogen-bond donors (Lipinski definition) is 3. The molecule has 0 saturated heterocycles. The minimum atomic E-state index is -0.806. The zero-order chi connectivity index (χ0) is 16.2. The van der Waals surface area contributed by atoms with E-state index in [1.54, 1.807) is 13.8 Å². The van der Waals surface area contributed by atoms with Gasteiger partial charge in [-0.1, -0.05) is 6.07 Å². The average Bonchev–Trinajstić information content (AvgIpc) is 2.43. The lowest BCUT2D eigenvalue weighted by atomic mass is 9.92. The Balaban J connectivity index is 2.89. The Bertz CT molecular complexity index is 584. The molecule has 0 bridgehead atoms. The number of nitro benzene ring substituents is 1. The average molecular weight is 294 g/mol. The van der Waals surface area contributed by atoms with Gasteiger partial charge in [0.1, 0.15) is 5.69 Å². The molecule has 0 atom stereocenters. The van der Waals surface area contributed by atoms with Gasteiger partial charge < -0.3 is 16.4 Å². The third-order valence-corrected chi connectivity index (χ3v) is 3.06. The van der Waals surface area contributed by atoms with Crippen molar-refractivity contribution in [1.29, 1.82) is 0 Å². The Morgan fingerprint density at radius 3 is 2.52 bits per heavy atom. The Morgan fingerprint density at radius 1 is 1.38 bits per heavy atom. The van der Waals surface area contributed by atoms with Crippen molar-refractivity contribution in [2.75, 3.05) is 19.3 Å². The van der Waals surface area contributed by atoms with Crippen LogP contribution in [0.1, 0.15) is 24.2 Å². The van der Waals surface area contributed by atoms with Crippen molar-refractivity contribution in [3.05, 3.63) is 33.9 Å². The number of anilines is 1. The Hall–Kier alpha value is -2.64. The van der Waals surface area contributed by atoms with Crippen molar-refractivity contribution in [3.8, 4) is 0 Å². The van der Waals surface area contributed by atoms with Gasteiger partial charge in [0.05, 0.1) is 15.9 Å². The van der Waals surface area contributed by atoms with Gasteiger partial charge in [-0.2, -0.15) is 0 Å². The van der Waals surface area contributed by atoms with E-state index in [2.05, 4.69) is 10.6 Å². The highest BCUT2D eigenvalue weighted by molar-refractivity contribution is 6.01. The molecule has 114 valence electrons. The Morgan fingerprint density at radius 2 is 2.00 bits per heavy atom. The van der Waals surface area contributed by atoms with E-state index < -0.39 is 16.2 Å². The number of benzene rings is 1. The summed E-state index contributed by atoms with van der Waals surface area (Å²) >= 11 is 0. The van der Waals surface area contributed by atoms with Crippen LogP contribution < -0.4 is 16.4 Å². The molecular weight excluding hydrogens is 276 g/mol. The molecule has 0 aromatic heterocycles. The van der Waals surface area contributed by atoms with Gasteiger partial charge in [0.2, 0.25) is 5.91 Å². The van der Waals surface area contributed by atoms with Crippen LogP contribution in [0.5, 0.6) is 0 Å². The molecule has 8 nitrogen and oxygen atoms in total. The van der Waals surface area contributed by atoms with Crippen molar-refractivity contribution < 1.29 is 14.5 Å². The minimum absolute atomic E-state index is 0.0110. The number of nitro groups is 1. The largest absolute Gasteiger partial charge is 0.393 e. The van der Waals surface area contributed by atoms with Gasteiger partial charge in [-0.15, -0.1) is 0 Å². The second-order valence-electron chi connectivity index (χ2n) is 5.14. The zero-order valence-corrected chi connectivity index (χ0v) is 12.1. The van der Waals surface area contributed by atoms with E-state index in [4.69, 9.17) is 5.73 Å². The van der Waals surface area contributed by atoms with E-state index in [0.717, 1.165) is 0 Å². The van der Waals surface area contributed by atoms with Crippen molar-refractivity contribution >= 4 is 23.2 Å². The zero-order valence-electron chi connectivity index (χ0n) is 12.1. The molecule has 8 heteroatoms. The van der Waals surface area contributed by atoms with Crippen LogP contribution >= 0.6 is 0 Å². The summed E-state index contributed by atoms with van der Waals surface area (Å²) in [6, 6.07) is 4.00. The molecule has 0 aliphatic heterocycles. The maximum Gasteiger partial charge on any atom is 0.292 e. The van der Waals surface area contributed by atoms with Crippen LogP contribution in [-0.2, 0) is 4.79 Å². The van der Waals surface area contributed by atoms with Gasteiger partial charge >= 0.3 is 0 Å². The Kier molecular flexibility index (Phi) is 4.85. The van der Waals surface area contributed by atoms with E-state index in [0.29, 0.717) is 0 Å². The summed E-state index contributed by atoms with van der Waals surface area (Å²) in [5.74, 6) is -0.789. The summed E-state index contributed by atoms with van der Waals surface area (Å²) < 4.78 is 0. The molecule has 1 aromatic rings. The van der Waals surface area contributed by atoms with E-state index in [1.807, 2.05) is 0 Å². The number of nitrogen functional groups attached to an aromatic ring is 1. The maximum atomic E-state index is 12.1. The summed E-state index contributed by atoms with van der Waals surface area (Å²) in [6.07, 6.45) is 0. The summed E-state index contributed by atoms with van der Waals surface area (Å²) in [5, 5.41) is 15.8. The molecule has 0 fully saturated rings. The fraction of sp³-hybridized carbons (Fsp3) is 0.385. The molecule has 4 N–H and O–H groups in total. The predicted octanol–water partition coefficient (Wildman–Crippen LogP) is 0.679. The van der Waals surface area contributed by atoms with Crippen LogP contribution in [-0.4, -0.2) is 30.3 Å². The SMILES string of the molecule is CNC(=O)C(C)(C)CNC(=O)c1cccc([N+](=O)[O-])c1N. The molecule has 0 saturated carbocycles. The van der Waals surface area contributed by atoms with E-state index in [1.165, 1.54) is 25.2 Å². The predicted molar refractivity (Wildman–Crippen MR) is 77.7 cm³/mol. The number of carbonyl (C=O) groups excluding carboxylic acids is 2. The number of amides is 2. The molecule has 0 unspecified atom stereocenters. The van der Waals surface area contributed by atoms with Crippen LogP contribution in [0.4, 0.5) is 11.4 Å². The third kappa shape index (κ3) is 3.68. The van der Waals surface area contributed by atoms with Crippen molar-refractivity contribution in [3.63, 3.8) is 0 Å². The molecule has 0 heterocycles.